The summed E-state index contributed by atoms with van der Waals surface area (Å²) in [6.07, 6.45) is 1.30. The van der Waals surface area contributed by atoms with Crippen LogP contribution >= 0.6 is 0 Å². The molecule has 2 heterocycles. The van der Waals surface area contributed by atoms with Crippen LogP contribution in [-0.4, -0.2) is 43.1 Å². The van der Waals surface area contributed by atoms with Gasteiger partial charge in [0, 0.05) is 19.4 Å². The van der Waals surface area contributed by atoms with E-state index < -0.39 is 10.0 Å². The van der Waals surface area contributed by atoms with Gasteiger partial charge in [-0.05, 0) is 36.8 Å². The molecule has 1 aromatic heterocycles. The van der Waals surface area contributed by atoms with Crippen LogP contribution in [0.3, 0.4) is 0 Å². The quantitative estimate of drug-likeness (QED) is 0.532. The second-order valence-electron chi connectivity index (χ2n) is 7.68. The van der Waals surface area contributed by atoms with Gasteiger partial charge >= 0.3 is 0 Å². The number of aryl methyl sites for hydroxylation is 2. The second kappa shape index (κ2) is 9.17. The zero-order chi connectivity index (χ0) is 22.7. The minimum atomic E-state index is -3.81. The zero-order valence-corrected chi connectivity index (χ0v) is 18.6. The molecule has 1 amide bonds. The number of sulfonamides is 1. The number of benzene rings is 2. The smallest absolute Gasteiger partial charge is 0.238 e. The Kier molecular flexibility index (Phi) is 6.33. The molecule has 170 valence electrons. The summed E-state index contributed by atoms with van der Waals surface area (Å²) in [6, 6.07) is 12.1. The topological polar surface area (TPSA) is 126 Å². The van der Waals surface area contributed by atoms with Crippen molar-refractivity contribution in [3.8, 4) is 11.5 Å². The maximum absolute atomic E-state index is 12.4. The van der Waals surface area contributed by atoms with Gasteiger partial charge in [0.2, 0.25) is 15.9 Å². The van der Waals surface area contributed by atoms with Crippen molar-refractivity contribution >= 4 is 27.0 Å². The second-order valence-corrected chi connectivity index (χ2v) is 9.24. The van der Waals surface area contributed by atoms with Crippen molar-refractivity contribution in [1.29, 1.82) is 0 Å². The first-order chi connectivity index (χ1) is 15.3. The Balaban J connectivity index is 1.39. The normalized spacial score (nSPS) is 15.6. The summed E-state index contributed by atoms with van der Waals surface area (Å²) in [7, 11) is -3.81. The van der Waals surface area contributed by atoms with Crippen molar-refractivity contribution in [3.05, 3.63) is 48.3 Å². The van der Waals surface area contributed by atoms with Gasteiger partial charge in [-0.3, -0.25) is 4.79 Å². The molecule has 0 fully saturated rings. The minimum Gasteiger partial charge on any atom is -0.486 e. The van der Waals surface area contributed by atoms with Crippen LogP contribution in [0.4, 0.5) is 0 Å². The Hall–Kier alpha value is -3.11. The third-order valence-corrected chi connectivity index (χ3v) is 6.16. The number of hydrogen-bond donors (Lipinski definition) is 2. The number of nitrogens with one attached hydrogen (secondary N) is 1. The lowest BCUT2D eigenvalue weighted by Crippen LogP contribution is -2.40. The van der Waals surface area contributed by atoms with E-state index in [4.69, 9.17) is 14.6 Å². The maximum atomic E-state index is 12.4. The molecule has 0 saturated heterocycles. The molecule has 3 N–H and O–H groups in total. The van der Waals surface area contributed by atoms with Gasteiger partial charge < -0.3 is 19.4 Å². The molecule has 1 atom stereocenters. The average Bonchev–Trinajstić information content (AvgIpc) is 3.12. The first kappa shape index (κ1) is 22.1. The van der Waals surface area contributed by atoms with Crippen LogP contribution in [0.25, 0.3) is 11.0 Å². The van der Waals surface area contributed by atoms with Crippen LogP contribution in [0, 0.1) is 0 Å². The summed E-state index contributed by atoms with van der Waals surface area (Å²) >= 11 is 0. The van der Waals surface area contributed by atoms with Crippen molar-refractivity contribution in [2.45, 2.75) is 43.7 Å². The molecule has 2 aromatic carbocycles. The fourth-order valence-corrected chi connectivity index (χ4v) is 4.24. The highest BCUT2D eigenvalue weighted by Crippen LogP contribution is 2.30. The lowest BCUT2D eigenvalue weighted by Gasteiger charge is -2.26. The largest absolute Gasteiger partial charge is 0.486 e. The molecule has 0 bridgehead atoms. The predicted octanol–water partition coefficient (Wildman–Crippen LogP) is 1.98. The number of rotatable bonds is 8. The molecule has 4 rings (SSSR count). The third kappa shape index (κ3) is 4.86. The van der Waals surface area contributed by atoms with Gasteiger partial charge in [-0.15, -0.1) is 0 Å². The number of carbonyl (C=O) groups is 1. The molecule has 3 aromatic rings. The maximum Gasteiger partial charge on any atom is 0.238 e. The molecule has 0 spiro atoms. The SMILES string of the molecule is CCCn1c(CCC(=O)NC[C@@H]2COc3ccccc3O2)nc2cc(S(N)(=O)=O)ccc21. The van der Waals surface area contributed by atoms with Crippen molar-refractivity contribution in [2.24, 2.45) is 5.14 Å². The molecule has 0 unspecified atom stereocenters. The van der Waals surface area contributed by atoms with Gasteiger partial charge in [0.25, 0.3) is 0 Å². The van der Waals surface area contributed by atoms with E-state index in [2.05, 4.69) is 10.3 Å². The average molecular weight is 459 g/mol. The van der Waals surface area contributed by atoms with Crippen molar-refractivity contribution in [1.82, 2.24) is 14.9 Å². The van der Waals surface area contributed by atoms with E-state index in [1.807, 2.05) is 35.8 Å². The van der Waals surface area contributed by atoms with Crippen molar-refractivity contribution in [2.75, 3.05) is 13.2 Å². The van der Waals surface area contributed by atoms with E-state index in [-0.39, 0.29) is 23.3 Å². The standard InChI is InChI=1S/C22H26N4O5S/c1-2-11-26-18-8-7-16(32(23,28)29)12-17(18)25-21(26)9-10-22(27)24-13-15-14-30-19-5-3-4-6-20(19)31-15/h3-8,12,15H,2,9-11,13-14H2,1H3,(H,24,27)(H2,23,28,29)/t15-/m1/s1. The Labute approximate surface area is 186 Å². The number of nitrogens with zero attached hydrogens (tertiary/aromatic N) is 2. The summed E-state index contributed by atoms with van der Waals surface area (Å²) in [6.45, 7) is 3.48. The van der Waals surface area contributed by atoms with Gasteiger partial charge in [-0.2, -0.15) is 0 Å². The zero-order valence-electron chi connectivity index (χ0n) is 17.8. The number of imidazole rings is 1. The van der Waals surface area contributed by atoms with E-state index in [1.54, 1.807) is 6.07 Å². The highest BCUT2D eigenvalue weighted by Gasteiger charge is 2.21. The van der Waals surface area contributed by atoms with E-state index in [9.17, 15) is 13.2 Å². The lowest BCUT2D eigenvalue weighted by molar-refractivity contribution is -0.121. The van der Waals surface area contributed by atoms with Crippen LogP contribution in [0.15, 0.2) is 47.4 Å². The van der Waals surface area contributed by atoms with Crippen molar-refractivity contribution < 1.29 is 22.7 Å². The van der Waals surface area contributed by atoms with E-state index >= 15 is 0 Å². The van der Waals surface area contributed by atoms with Crippen molar-refractivity contribution in [3.63, 3.8) is 0 Å². The molecule has 10 heteroatoms. The molecular formula is C22H26N4O5S. The van der Waals surface area contributed by atoms with E-state index in [1.165, 1.54) is 12.1 Å². The van der Waals surface area contributed by atoms with Gasteiger partial charge in [0.05, 0.1) is 22.5 Å². The number of nitrogens with two attached hydrogens (primary N) is 1. The number of fused-ring (bicyclic) bond motifs is 2. The number of amides is 1. The summed E-state index contributed by atoms with van der Waals surface area (Å²) < 4.78 is 36.8. The number of para-hydroxylation sites is 2. The molecule has 0 radical (unpaired) electrons. The summed E-state index contributed by atoms with van der Waals surface area (Å²) in [4.78, 5) is 17.0. The van der Waals surface area contributed by atoms with Gasteiger partial charge in [0.15, 0.2) is 11.5 Å². The Morgan fingerprint density at radius 2 is 2.03 bits per heavy atom. The highest BCUT2D eigenvalue weighted by molar-refractivity contribution is 7.89. The van der Waals surface area contributed by atoms with Gasteiger partial charge in [-0.25, -0.2) is 18.5 Å². The molecule has 1 aliphatic heterocycles. The molecular weight excluding hydrogens is 432 g/mol. The third-order valence-electron chi connectivity index (χ3n) is 5.24. The Bertz CT molecular complexity index is 1240. The molecule has 0 saturated carbocycles. The summed E-state index contributed by atoms with van der Waals surface area (Å²) in [5.74, 6) is 1.99. The monoisotopic (exact) mass is 458 g/mol. The molecule has 9 nitrogen and oxygen atoms in total. The lowest BCUT2D eigenvalue weighted by atomic mass is 10.2. The fourth-order valence-electron chi connectivity index (χ4n) is 3.71. The number of ether oxygens (including phenoxy) is 2. The van der Waals surface area contributed by atoms with Gasteiger partial charge in [-0.1, -0.05) is 19.1 Å². The van der Waals surface area contributed by atoms with Crippen LogP contribution in [0.2, 0.25) is 0 Å². The fraction of sp³-hybridized carbons (Fsp3) is 0.364. The van der Waals surface area contributed by atoms with Crippen LogP contribution in [-0.2, 0) is 27.8 Å². The van der Waals surface area contributed by atoms with Crippen LogP contribution < -0.4 is 19.9 Å². The molecule has 32 heavy (non-hydrogen) atoms. The minimum absolute atomic E-state index is 0.0201. The number of hydrogen-bond acceptors (Lipinski definition) is 6. The highest BCUT2D eigenvalue weighted by atomic mass is 32.2. The van der Waals surface area contributed by atoms with Crippen LogP contribution in [0.5, 0.6) is 11.5 Å². The summed E-state index contributed by atoms with van der Waals surface area (Å²) in [5.41, 5.74) is 1.37. The van der Waals surface area contributed by atoms with Crippen LogP contribution in [0.1, 0.15) is 25.6 Å². The number of carbonyl (C=O) groups excluding carboxylic acids is 1. The Morgan fingerprint density at radius 1 is 1.25 bits per heavy atom. The molecule has 0 aliphatic carbocycles. The van der Waals surface area contributed by atoms with E-state index in [0.29, 0.717) is 36.6 Å². The van der Waals surface area contributed by atoms with Gasteiger partial charge in [0.1, 0.15) is 18.5 Å². The molecule has 1 aliphatic rings. The Morgan fingerprint density at radius 3 is 2.78 bits per heavy atom. The first-order valence-corrected chi connectivity index (χ1v) is 12.1. The predicted molar refractivity (Wildman–Crippen MR) is 119 cm³/mol. The summed E-state index contributed by atoms with van der Waals surface area (Å²) in [5, 5.41) is 8.13. The number of aromatic nitrogens is 2. The number of primary sulfonamides is 1. The van der Waals surface area contributed by atoms with E-state index in [0.717, 1.165) is 24.3 Å². The first-order valence-electron chi connectivity index (χ1n) is 10.5.